The number of aromatic nitrogens is 2. The van der Waals surface area contributed by atoms with E-state index < -0.39 is 0 Å². The number of hydrogen-bond donors (Lipinski definition) is 2. The summed E-state index contributed by atoms with van der Waals surface area (Å²) in [5, 5.41) is 5.85. The maximum atomic E-state index is 12.3. The molecule has 3 rings (SSSR count). The first-order valence-electron chi connectivity index (χ1n) is 9.21. The quantitative estimate of drug-likeness (QED) is 0.656. The third kappa shape index (κ3) is 4.19. The molecule has 7 nitrogen and oxygen atoms in total. The predicted octanol–water partition coefficient (Wildman–Crippen LogP) is 3.42. The van der Waals surface area contributed by atoms with Crippen molar-refractivity contribution in [2.75, 3.05) is 20.8 Å². The van der Waals surface area contributed by atoms with Gasteiger partial charge in [-0.3, -0.25) is 0 Å². The Kier molecular flexibility index (Phi) is 6.03. The minimum absolute atomic E-state index is 0.235. The maximum Gasteiger partial charge on any atom is 0.315 e. The Balaban J connectivity index is 1.59. The SMILES string of the molecule is COc1ccc(OC)c(C(C)NC(=O)NCCn2c(C)nc3ccccc32)c1. The zero-order valence-corrected chi connectivity index (χ0v) is 16.7. The van der Waals surface area contributed by atoms with Crippen LogP contribution >= 0.6 is 0 Å². The lowest BCUT2D eigenvalue weighted by molar-refractivity contribution is 0.237. The summed E-state index contributed by atoms with van der Waals surface area (Å²) in [6.45, 7) is 5.02. The summed E-state index contributed by atoms with van der Waals surface area (Å²) in [6.07, 6.45) is 0. The zero-order valence-electron chi connectivity index (χ0n) is 16.7. The van der Waals surface area contributed by atoms with Gasteiger partial charge in [-0.05, 0) is 44.2 Å². The number of rotatable bonds is 7. The molecular formula is C21H26N4O3. The molecule has 28 heavy (non-hydrogen) atoms. The average Bonchev–Trinajstić information content (AvgIpc) is 3.02. The predicted molar refractivity (Wildman–Crippen MR) is 109 cm³/mol. The van der Waals surface area contributed by atoms with Gasteiger partial charge in [-0.25, -0.2) is 9.78 Å². The van der Waals surface area contributed by atoms with E-state index in [-0.39, 0.29) is 12.1 Å². The molecule has 1 unspecified atom stereocenters. The third-order valence-electron chi connectivity index (χ3n) is 4.72. The van der Waals surface area contributed by atoms with E-state index in [1.165, 1.54) is 0 Å². The van der Waals surface area contributed by atoms with Gasteiger partial charge in [0, 0.05) is 18.7 Å². The van der Waals surface area contributed by atoms with Crippen LogP contribution in [0.5, 0.6) is 11.5 Å². The maximum absolute atomic E-state index is 12.3. The molecule has 0 spiro atoms. The third-order valence-corrected chi connectivity index (χ3v) is 4.72. The summed E-state index contributed by atoms with van der Waals surface area (Å²) in [6, 6.07) is 13.0. The molecule has 148 valence electrons. The van der Waals surface area contributed by atoms with Crippen LogP contribution in [0.2, 0.25) is 0 Å². The molecule has 3 aromatic rings. The number of imidazole rings is 1. The Bertz CT molecular complexity index is 967. The summed E-state index contributed by atoms with van der Waals surface area (Å²) < 4.78 is 12.8. The van der Waals surface area contributed by atoms with Crippen LogP contribution in [0, 0.1) is 6.92 Å². The number of benzene rings is 2. The summed E-state index contributed by atoms with van der Waals surface area (Å²) >= 11 is 0. The first-order valence-corrected chi connectivity index (χ1v) is 9.21. The highest BCUT2D eigenvalue weighted by molar-refractivity contribution is 5.76. The molecule has 1 aromatic heterocycles. The largest absolute Gasteiger partial charge is 0.497 e. The average molecular weight is 382 g/mol. The number of methoxy groups -OCH3 is 2. The normalized spacial score (nSPS) is 11.9. The molecule has 0 bridgehead atoms. The first kappa shape index (κ1) is 19.5. The molecule has 0 saturated carbocycles. The Morgan fingerprint density at radius 3 is 2.71 bits per heavy atom. The number of ether oxygens (including phenoxy) is 2. The van der Waals surface area contributed by atoms with E-state index in [1.807, 2.05) is 56.3 Å². The lowest BCUT2D eigenvalue weighted by Gasteiger charge is -2.18. The highest BCUT2D eigenvalue weighted by Gasteiger charge is 2.15. The Morgan fingerprint density at radius 1 is 1.18 bits per heavy atom. The van der Waals surface area contributed by atoms with Gasteiger partial charge in [0.25, 0.3) is 0 Å². The summed E-state index contributed by atoms with van der Waals surface area (Å²) in [4.78, 5) is 16.9. The van der Waals surface area contributed by atoms with Crippen LogP contribution in [0.25, 0.3) is 11.0 Å². The first-order chi connectivity index (χ1) is 13.5. The van der Waals surface area contributed by atoms with Gasteiger partial charge in [-0.1, -0.05) is 12.1 Å². The van der Waals surface area contributed by atoms with E-state index in [1.54, 1.807) is 14.2 Å². The molecule has 2 aromatic carbocycles. The van der Waals surface area contributed by atoms with Gasteiger partial charge in [0.2, 0.25) is 0 Å². The smallest absolute Gasteiger partial charge is 0.315 e. The molecule has 2 amide bonds. The zero-order chi connectivity index (χ0) is 20.1. The number of aryl methyl sites for hydroxylation is 1. The number of nitrogens with one attached hydrogen (secondary N) is 2. The number of amides is 2. The number of carbonyl (C=O) groups excluding carboxylic acids is 1. The second-order valence-corrected chi connectivity index (χ2v) is 6.53. The van der Waals surface area contributed by atoms with Crippen molar-refractivity contribution in [3.63, 3.8) is 0 Å². The fourth-order valence-electron chi connectivity index (χ4n) is 3.26. The molecule has 0 aliphatic carbocycles. The molecule has 2 N–H and O–H groups in total. The van der Waals surface area contributed by atoms with Gasteiger partial charge in [0.15, 0.2) is 0 Å². The van der Waals surface area contributed by atoms with Crippen LogP contribution < -0.4 is 20.1 Å². The summed E-state index contributed by atoms with van der Waals surface area (Å²) in [7, 11) is 3.22. The number of hydrogen-bond acceptors (Lipinski definition) is 4. The fourth-order valence-corrected chi connectivity index (χ4v) is 3.26. The summed E-state index contributed by atoms with van der Waals surface area (Å²) in [5.41, 5.74) is 2.88. The van der Waals surface area contributed by atoms with E-state index in [0.29, 0.717) is 24.6 Å². The minimum Gasteiger partial charge on any atom is -0.497 e. The summed E-state index contributed by atoms with van der Waals surface area (Å²) in [5.74, 6) is 2.35. The second-order valence-electron chi connectivity index (χ2n) is 6.53. The van der Waals surface area contributed by atoms with Crippen molar-refractivity contribution in [1.29, 1.82) is 0 Å². The van der Waals surface area contributed by atoms with E-state index in [2.05, 4.69) is 20.2 Å². The van der Waals surface area contributed by atoms with E-state index in [4.69, 9.17) is 9.47 Å². The van der Waals surface area contributed by atoms with Crippen LogP contribution in [0.4, 0.5) is 4.79 Å². The molecule has 0 saturated heterocycles. The van der Waals surface area contributed by atoms with E-state index in [9.17, 15) is 4.79 Å². The minimum atomic E-state index is -0.237. The van der Waals surface area contributed by atoms with Gasteiger partial charge in [0.1, 0.15) is 17.3 Å². The van der Waals surface area contributed by atoms with Crippen molar-refractivity contribution >= 4 is 17.1 Å². The molecule has 0 radical (unpaired) electrons. The molecule has 7 heteroatoms. The van der Waals surface area contributed by atoms with Crippen LogP contribution in [-0.2, 0) is 6.54 Å². The topological polar surface area (TPSA) is 77.4 Å². The van der Waals surface area contributed by atoms with Crippen molar-refractivity contribution < 1.29 is 14.3 Å². The van der Waals surface area contributed by atoms with Gasteiger partial charge in [-0.15, -0.1) is 0 Å². The number of carbonyl (C=O) groups is 1. The van der Waals surface area contributed by atoms with Gasteiger partial charge in [0.05, 0.1) is 31.3 Å². The Hall–Kier alpha value is -3.22. The standard InChI is InChI=1S/C21H26N4O3/c1-14(17-13-16(27-3)9-10-20(17)28-4)23-21(26)22-11-12-25-15(2)24-18-7-5-6-8-19(18)25/h5-10,13-14H,11-12H2,1-4H3,(H2,22,23,26). The van der Waals surface area contributed by atoms with Crippen LogP contribution in [0.1, 0.15) is 24.4 Å². The fraction of sp³-hybridized carbons (Fsp3) is 0.333. The molecule has 1 heterocycles. The molecule has 0 aliphatic heterocycles. The Morgan fingerprint density at radius 2 is 1.96 bits per heavy atom. The van der Waals surface area contributed by atoms with E-state index in [0.717, 1.165) is 22.4 Å². The molecule has 0 fully saturated rings. The number of fused-ring (bicyclic) bond motifs is 1. The Labute approximate surface area is 164 Å². The van der Waals surface area contributed by atoms with E-state index >= 15 is 0 Å². The lowest BCUT2D eigenvalue weighted by Crippen LogP contribution is -2.38. The molecule has 0 aliphatic rings. The highest BCUT2D eigenvalue weighted by atomic mass is 16.5. The van der Waals surface area contributed by atoms with Crippen LogP contribution in [0.3, 0.4) is 0 Å². The van der Waals surface area contributed by atoms with Crippen molar-refractivity contribution in [1.82, 2.24) is 20.2 Å². The number of urea groups is 1. The molecular weight excluding hydrogens is 356 g/mol. The van der Waals surface area contributed by atoms with Gasteiger partial charge < -0.3 is 24.7 Å². The van der Waals surface area contributed by atoms with Gasteiger partial charge >= 0.3 is 6.03 Å². The number of para-hydroxylation sites is 2. The van der Waals surface area contributed by atoms with Crippen molar-refractivity contribution in [2.45, 2.75) is 26.4 Å². The van der Waals surface area contributed by atoms with Crippen molar-refractivity contribution in [3.05, 3.63) is 53.9 Å². The van der Waals surface area contributed by atoms with Crippen LogP contribution in [-0.4, -0.2) is 36.3 Å². The molecule has 1 atom stereocenters. The van der Waals surface area contributed by atoms with Crippen molar-refractivity contribution in [2.24, 2.45) is 0 Å². The lowest BCUT2D eigenvalue weighted by atomic mass is 10.1. The number of nitrogens with zero attached hydrogens (tertiary/aromatic N) is 2. The monoisotopic (exact) mass is 382 g/mol. The van der Waals surface area contributed by atoms with Crippen LogP contribution in [0.15, 0.2) is 42.5 Å². The van der Waals surface area contributed by atoms with Gasteiger partial charge in [-0.2, -0.15) is 0 Å². The highest BCUT2D eigenvalue weighted by Crippen LogP contribution is 2.29. The van der Waals surface area contributed by atoms with Crippen molar-refractivity contribution in [3.8, 4) is 11.5 Å². The second kappa shape index (κ2) is 8.65.